The molecule has 2 aliphatic rings. The van der Waals surface area contributed by atoms with Crippen molar-refractivity contribution in [2.75, 3.05) is 53.6 Å². The molecule has 30 heavy (non-hydrogen) atoms. The fraction of sp³-hybridized carbons (Fsp3) is 0.391. The third-order valence-corrected chi connectivity index (χ3v) is 6.57. The molecule has 160 valence electrons. The van der Waals surface area contributed by atoms with Crippen LogP contribution < -0.4 is 0 Å². The third kappa shape index (κ3) is 4.36. The zero-order valence-electron chi connectivity index (χ0n) is 36.0. The van der Waals surface area contributed by atoms with E-state index < -0.39 is 134 Å². The lowest BCUT2D eigenvalue weighted by Crippen LogP contribution is -2.44. The molecule has 1 saturated heterocycles. The second-order valence-electron chi connectivity index (χ2n) is 6.08. The van der Waals surface area contributed by atoms with Crippen LogP contribution in [-0.2, 0) is 10.0 Å². The molecule has 7 heteroatoms. The van der Waals surface area contributed by atoms with E-state index in [0.717, 1.165) is 14.1 Å². The lowest BCUT2D eigenvalue weighted by Gasteiger charge is -2.32. The molecule has 1 fully saturated rings. The quantitative estimate of drug-likeness (QED) is 0.580. The van der Waals surface area contributed by atoms with Gasteiger partial charge in [-0.3, -0.25) is 0 Å². The summed E-state index contributed by atoms with van der Waals surface area (Å²) in [5.74, 6) is 0. The fourth-order valence-corrected chi connectivity index (χ4v) is 4.05. The van der Waals surface area contributed by atoms with Crippen LogP contribution in [0.15, 0.2) is 63.0 Å². The number of hydrogen-bond donors (Lipinski definition) is 0. The smallest absolute Gasteiger partial charge is 0.242 e. The predicted molar refractivity (Wildman–Crippen MR) is 124 cm³/mol. The first-order chi connectivity index (χ1) is 22.2. The van der Waals surface area contributed by atoms with Gasteiger partial charge in [-0.25, -0.2) is 12.7 Å². The molecule has 0 unspecified atom stereocenters. The number of hydrogen-bond acceptors (Lipinski definition) is 5. The van der Waals surface area contributed by atoms with Crippen LogP contribution in [0.1, 0.15) is 44.9 Å². The second-order valence-corrected chi connectivity index (χ2v) is 9.19. The highest BCUT2D eigenvalue weighted by Crippen LogP contribution is 2.46. The first-order valence-electron chi connectivity index (χ1n) is 18.3. The van der Waals surface area contributed by atoms with Gasteiger partial charge in [-0.2, -0.15) is 0 Å². The van der Waals surface area contributed by atoms with Gasteiger partial charge in [0.1, 0.15) is 0 Å². The summed E-state index contributed by atoms with van der Waals surface area (Å²) in [4.78, 5) is -2.82. The van der Waals surface area contributed by atoms with Crippen LogP contribution in [-0.4, -0.2) is 76.2 Å². The van der Waals surface area contributed by atoms with Crippen molar-refractivity contribution in [2.45, 2.75) is 21.1 Å². The van der Waals surface area contributed by atoms with E-state index in [0.29, 0.717) is 23.1 Å². The summed E-state index contributed by atoms with van der Waals surface area (Å²) < 4.78 is 198. The Morgan fingerprint density at radius 1 is 1.17 bits per heavy atom. The molecule has 0 atom stereocenters. The highest BCUT2D eigenvalue weighted by atomic mass is 32.2. The topological polar surface area (TPSA) is 43.9 Å². The molecule has 2 heterocycles. The molecule has 2 aromatic carbocycles. The van der Waals surface area contributed by atoms with Crippen LogP contribution in [0.4, 0.5) is 0 Å². The van der Waals surface area contributed by atoms with Crippen molar-refractivity contribution < 1.29 is 35.8 Å². The highest BCUT2D eigenvalue weighted by Gasteiger charge is 2.25. The highest BCUT2D eigenvalue weighted by molar-refractivity contribution is 7.99. The maximum atomic E-state index is 13.3. The van der Waals surface area contributed by atoms with Gasteiger partial charge in [-0.15, -0.1) is 0 Å². The summed E-state index contributed by atoms with van der Waals surface area (Å²) in [6.45, 7) is -19.2. The molecule has 0 N–H and O–H groups in total. The normalized spacial score (nSPS) is 36.8. The number of piperazine rings is 1. The Balaban J connectivity index is 2.26. The van der Waals surface area contributed by atoms with Gasteiger partial charge in [-0.05, 0) is 54.3 Å². The van der Waals surface area contributed by atoms with E-state index in [1.54, 1.807) is 0 Å². The Kier molecular flexibility index (Phi) is 2.37. The van der Waals surface area contributed by atoms with E-state index in [-0.39, 0.29) is 4.90 Å². The molecule has 0 spiro atoms. The second kappa shape index (κ2) is 8.85. The zero-order valence-corrected chi connectivity index (χ0v) is 17.6. The number of benzene rings is 2. The van der Waals surface area contributed by atoms with Gasteiger partial charge < -0.3 is 9.80 Å². The number of likely N-dealkylation sites (N-methyl/N-ethyl adjacent to an activating group) is 1. The number of nitrogens with zero attached hydrogens (tertiary/aromatic N) is 3. The molecule has 4 rings (SSSR count). The molecule has 0 aromatic heterocycles. The Labute approximate surface area is 212 Å². The fourth-order valence-electron chi connectivity index (χ4n) is 2.36. The SMILES string of the molecule is [2H]/C(=C1\c2c([2H])c([2H])c([2H])c([2H])c2Sc2c([2H])c([2H])c(S(=O)(=O)N(C)C)c([2H])c21)C([2H])([2H])C([2H])([2H])N1C([2H])([2H])C([2H])([2H])N(C)C([2H])([2H])C1([2H])[2H]. The number of fused-ring (bicyclic) bond motifs is 2. The van der Waals surface area contributed by atoms with Crippen molar-refractivity contribution in [2.24, 2.45) is 0 Å². The average molecular weight is 464 g/mol. The van der Waals surface area contributed by atoms with Crippen molar-refractivity contribution in [1.82, 2.24) is 14.1 Å². The summed E-state index contributed by atoms with van der Waals surface area (Å²) in [6.07, 6.45) is -4.12. The first-order valence-corrected chi connectivity index (χ1v) is 10.6. The first kappa shape index (κ1) is 8.05. The van der Waals surface area contributed by atoms with Crippen LogP contribution in [0, 0.1) is 0 Å². The van der Waals surface area contributed by atoms with Gasteiger partial charge in [0.25, 0.3) is 0 Å². The van der Waals surface area contributed by atoms with E-state index in [1.807, 2.05) is 0 Å². The van der Waals surface area contributed by atoms with Gasteiger partial charge >= 0.3 is 0 Å². The van der Waals surface area contributed by atoms with Gasteiger partial charge in [0.15, 0.2) is 0 Å². The predicted octanol–water partition coefficient (Wildman–Crippen LogP) is 3.47. The summed E-state index contributed by atoms with van der Waals surface area (Å²) in [5, 5.41) is 0. The van der Waals surface area contributed by atoms with Crippen LogP contribution in [0.2, 0.25) is 0 Å². The lowest BCUT2D eigenvalue weighted by atomic mass is 9.96. The summed E-state index contributed by atoms with van der Waals surface area (Å²) in [5.41, 5.74) is -2.68. The van der Waals surface area contributed by atoms with E-state index in [1.165, 1.54) is 0 Å². The van der Waals surface area contributed by atoms with Crippen LogP contribution in [0.3, 0.4) is 0 Å². The Bertz CT molecular complexity index is 1940. The zero-order chi connectivity index (χ0) is 39.0. The maximum Gasteiger partial charge on any atom is 0.242 e. The monoisotopic (exact) mass is 463 g/mol. The standard InChI is InChI=1S/C23H29N3O2S2/c1-24(2)30(27,28)18-10-11-23-21(17-18)19(20-7-4-5-9-22(20)29-23)8-6-12-26-15-13-25(3)14-16-26/h4-5,7-11,17H,6,12-16H2,1-3H3/b19-8-/i4D,5D,6D2,7D,8D,9D,10D,11D,12D2,13D2,14D2,15D2,16D2,17D. The minimum absolute atomic E-state index is 0.0245. The van der Waals surface area contributed by atoms with Gasteiger partial charge in [-0.1, -0.05) is 35.9 Å². The maximum absolute atomic E-state index is 13.3. The Morgan fingerprint density at radius 2 is 1.87 bits per heavy atom. The van der Waals surface area contributed by atoms with E-state index in [2.05, 4.69) is 0 Å². The molecule has 5 nitrogen and oxygen atoms in total. The Hall–Kier alpha value is -1.64. The van der Waals surface area contributed by atoms with Crippen LogP contribution in [0.5, 0.6) is 0 Å². The summed E-state index contributed by atoms with van der Waals surface area (Å²) in [6, 6.07) is -8.39. The van der Waals surface area contributed by atoms with Crippen molar-refractivity contribution in [3.63, 3.8) is 0 Å². The molecule has 0 aliphatic carbocycles. The summed E-state index contributed by atoms with van der Waals surface area (Å²) >= 11 is 0.380. The van der Waals surface area contributed by atoms with Gasteiger partial charge in [0.05, 0.1) is 15.9 Å². The molecule has 0 bridgehead atoms. The van der Waals surface area contributed by atoms with E-state index in [4.69, 9.17) is 27.4 Å². The van der Waals surface area contributed by atoms with E-state index >= 15 is 0 Å². The molecular formula is C23H29N3O2S2. The average Bonchev–Trinajstić information content (AvgIpc) is 2.98. The molecular weight excluding hydrogens is 414 g/mol. The Morgan fingerprint density at radius 3 is 2.60 bits per heavy atom. The number of rotatable bonds is 5. The van der Waals surface area contributed by atoms with E-state index in [9.17, 15) is 8.42 Å². The van der Waals surface area contributed by atoms with Gasteiger partial charge in [0.2, 0.25) is 10.0 Å². The van der Waals surface area contributed by atoms with Crippen LogP contribution in [0.25, 0.3) is 5.57 Å². The molecule has 2 aliphatic heterocycles. The van der Waals surface area contributed by atoms with Crippen LogP contribution >= 0.6 is 11.8 Å². The molecule has 0 amide bonds. The van der Waals surface area contributed by atoms with Crippen molar-refractivity contribution in [3.05, 3.63) is 59.5 Å². The summed E-state index contributed by atoms with van der Waals surface area (Å²) in [7, 11) is -2.01. The van der Waals surface area contributed by atoms with Crippen molar-refractivity contribution >= 4 is 27.4 Å². The van der Waals surface area contributed by atoms with Crippen molar-refractivity contribution in [3.8, 4) is 0 Å². The minimum atomic E-state index is -4.77. The van der Waals surface area contributed by atoms with Crippen molar-refractivity contribution in [1.29, 1.82) is 0 Å². The largest absolute Gasteiger partial charge is 0.304 e. The molecule has 0 radical (unpaired) electrons. The number of sulfonamides is 1. The van der Waals surface area contributed by atoms with Gasteiger partial charge in [0, 0.05) is 72.8 Å². The minimum Gasteiger partial charge on any atom is -0.304 e. The molecule has 2 aromatic rings. The lowest BCUT2D eigenvalue weighted by molar-refractivity contribution is 0.156. The third-order valence-electron chi connectivity index (χ3n) is 3.87. The molecule has 0 saturated carbocycles.